The van der Waals surface area contributed by atoms with Crippen molar-refractivity contribution >= 4 is 34.8 Å². The third-order valence-electron chi connectivity index (χ3n) is 6.49. The zero-order valence-corrected chi connectivity index (χ0v) is 22.8. The summed E-state index contributed by atoms with van der Waals surface area (Å²) in [4.78, 5) is 45.2. The lowest BCUT2D eigenvalue weighted by atomic mass is 9.82. The van der Waals surface area contributed by atoms with Crippen molar-refractivity contribution in [2.75, 3.05) is 40.7 Å². The average molecular weight is 557 g/mol. The van der Waals surface area contributed by atoms with E-state index in [2.05, 4.69) is 16.4 Å². The summed E-state index contributed by atoms with van der Waals surface area (Å²) in [6, 6.07) is 5.96. The smallest absolute Gasteiger partial charge is 0.338 e. The molecule has 1 fully saturated rings. The first kappa shape index (κ1) is 27.6. The van der Waals surface area contributed by atoms with Gasteiger partial charge in [-0.2, -0.15) is 5.26 Å². The number of nitriles is 1. The van der Waals surface area contributed by atoms with Crippen molar-refractivity contribution in [2.45, 2.75) is 25.0 Å². The number of imide groups is 1. The normalized spacial score (nSPS) is 22.6. The Morgan fingerprint density at radius 2 is 2.03 bits per heavy atom. The number of allylic oxidation sites excluding steroid dienone is 1. The summed E-state index contributed by atoms with van der Waals surface area (Å²) in [7, 11) is 5.90. The Labute approximate surface area is 229 Å². The molecule has 0 bridgehead atoms. The second-order valence-electron chi connectivity index (χ2n) is 8.61. The Kier molecular flexibility index (Phi) is 7.91. The van der Waals surface area contributed by atoms with Gasteiger partial charge in [0.15, 0.2) is 22.8 Å². The molecule has 1 aromatic rings. The summed E-state index contributed by atoms with van der Waals surface area (Å²) < 4.78 is 22.2. The molecule has 0 spiro atoms. The number of hydrogen-bond acceptors (Lipinski definition) is 12. The number of carbonyl (C=O) groups is 3. The molecule has 0 saturated carbocycles. The van der Waals surface area contributed by atoms with Crippen LogP contribution in [0.15, 0.2) is 46.0 Å². The lowest BCUT2D eigenvalue weighted by Gasteiger charge is -2.36. The highest BCUT2D eigenvalue weighted by atomic mass is 32.2. The number of nitrogens with two attached hydrogens (primary N) is 1. The highest BCUT2D eigenvalue weighted by Gasteiger charge is 2.47. The summed E-state index contributed by atoms with van der Waals surface area (Å²) in [6.45, 7) is 1.75. The molecule has 3 amide bonds. The summed E-state index contributed by atoms with van der Waals surface area (Å²) >= 11 is 1.15. The van der Waals surface area contributed by atoms with Gasteiger partial charge in [-0.25, -0.2) is 14.6 Å². The number of rotatable bonds is 7. The van der Waals surface area contributed by atoms with Gasteiger partial charge in [0, 0.05) is 19.7 Å². The minimum absolute atomic E-state index is 0.00878. The fourth-order valence-electron chi connectivity index (χ4n) is 4.61. The largest absolute Gasteiger partial charge is 0.493 e. The highest BCUT2D eigenvalue weighted by molar-refractivity contribution is 8.14. The van der Waals surface area contributed by atoms with Crippen molar-refractivity contribution in [3.8, 4) is 17.6 Å². The van der Waals surface area contributed by atoms with E-state index in [1.54, 1.807) is 32.2 Å². The van der Waals surface area contributed by atoms with E-state index in [-0.39, 0.29) is 35.1 Å². The van der Waals surface area contributed by atoms with Crippen molar-refractivity contribution in [3.05, 3.63) is 46.6 Å². The zero-order valence-electron chi connectivity index (χ0n) is 22.0. The van der Waals surface area contributed by atoms with Crippen molar-refractivity contribution < 1.29 is 33.3 Å². The lowest BCUT2D eigenvalue weighted by molar-refractivity contribution is -0.139. The minimum atomic E-state index is -0.969. The van der Waals surface area contributed by atoms with Gasteiger partial charge in [0.25, 0.3) is 5.91 Å². The fourth-order valence-corrected chi connectivity index (χ4v) is 5.49. The third kappa shape index (κ3) is 4.81. The molecule has 206 valence electrons. The van der Waals surface area contributed by atoms with Crippen LogP contribution in [0, 0.1) is 11.3 Å². The van der Waals surface area contributed by atoms with Crippen molar-refractivity contribution in [1.82, 2.24) is 15.1 Å². The molecule has 14 heteroatoms. The molecule has 39 heavy (non-hydrogen) atoms. The number of hydrogen-bond donors (Lipinski definition) is 2. The molecule has 1 aromatic carbocycles. The van der Waals surface area contributed by atoms with Crippen LogP contribution in [0.1, 0.15) is 18.4 Å². The fraction of sp³-hybridized carbons (Fsp3) is 0.400. The molecule has 1 saturated heterocycles. The number of amides is 3. The van der Waals surface area contributed by atoms with Gasteiger partial charge < -0.3 is 34.9 Å². The minimum Gasteiger partial charge on any atom is -0.493 e. The summed E-state index contributed by atoms with van der Waals surface area (Å²) in [5, 5.41) is 13.4. The Bertz CT molecular complexity index is 1350. The van der Waals surface area contributed by atoms with Gasteiger partial charge in [0.1, 0.15) is 23.4 Å². The summed E-state index contributed by atoms with van der Waals surface area (Å²) in [6.07, 6.45) is -0.710. The van der Waals surface area contributed by atoms with Crippen molar-refractivity contribution in [2.24, 2.45) is 10.7 Å². The molecule has 0 aromatic heterocycles. The van der Waals surface area contributed by atoms with Crippen LogP contribution in [-0.2, 0) is 19.1 Å². The maximum absolute atomic E-state index is 13.3. The number of likely N-dealkylation sites (N-methyl/N-ethyl adjacent to an activating group) is 2. The number of fused-ring (bicyclic) bond motifs is 1. The van der Waals surface area contributed by atoms with Crippen LogP contribution < -0.4 is 20.5 Å². The molecular formula is C25H28N6O7S. The molecule has 13 nitrogen and oxygen atoms in total. The first-order valence-electron chi connectivity index (χ1n) is 11.9. The molecule has 0 unspecified atom stereocenters. The van der Waals surface area contributed by atoms with Crippen LogP contribution in [-0.4, -0.2) is 85.8 Å². The molecule has 3 heterocycles. The molecule has 4 rings (SSSR count). The molecular weight excluding hydrogens is 528 g/mol. The zero-order chi connectivity index (χ0) is 28.4. The number of thioether (sulfide) groups is 1. The SMILES string of the molecule is CCOC(=O)C1=C(CSC2=N[C@@H]3[C@H](N2)C(=O)N(C)C(=O)N3C)OC(N)=C(C#N)[C@H]1c1cccc(OC)c1OC. The van der Waals surface area contributed by atoms with Crippen LogP contribution in [0.2, 0.25) is 0 Å². The van der Waals surface area contributed by atoms with Crippen LogP contribution in [0.25, 0.3) is 0 Å². The number of esters is 1. The average Bonchev–Trinajstić information content (AvgIpc) is 3.37. The number of urea groups is 1. The van der Waals surface area contributed by atoms with Crippen LogP contribution in [0.3, 0.4) is 0 Å². The Morgan fingerprint density at radius 1 is 1.28 bits per heavy atom. The van der Waals surface area contributed by atoms with Gasteiger partial charge in [0.05, 0.1) is 38.1 Å². The number of nitrogens with one attached hydrogen (secondary N) is 1. The van der Waals surface area contributed by atoms with Gasteiger partial charge in [0.2, 0.25) is 5.88 Å². The van der Waals surface area contributed by atoms with Crippen molar-refractivity contribution in [1.29, 1.82) is 5.26 Å². The predicted octanol–water partition coefficient (Wildman–Crippen LogP) is 1.24. The summed E-state index contributed by atoms with van der Waals surface area (Å²) in [5.41, 5.74) is 6.72. The van der Waals surface area contributed by atoms with Crippen LogP contribution >= 0.6 is 11.8 Å². The third-order valence-corrected chi connectivity index (χ3v) is 7.39. The van der Waals surface area contributed by atoms with E-state index in [0.717, 1.165) is 16.7 Å². The lowest BCUT2D eigenvalue weighted by Crippen LogP contribution is -2.63. The number of benzene rings is 1. The number of ether oxygens (including phenoxy) is 4. The van der Waals surface area contributed by atoms with Gasteiger partial charge in [-0.3, -0.25) is 9.69 Å². The first-order chi connectivity index (χ1) is 18.7. The molecule has 3 aliphatic heterocycles. The quantitative estimate of drug-likeness (QED) is 0.463. The van der Waals surface area contributed by atoms with E-state index in [0.29, 0.717) is 22.2 Å². The van der Waals surface area contributed by atoms with E-state index >= 15 is 0 Å². The Morgan fingerprint density at radius 3 is 2.67 bits per heavy atom. The highest BCUT2D eigenvalue weighted by Crippen LogP contribution is 2.46. The molecule has 3 N–H and O–H groups in total. The predicted molar refractivity (Wildman–Crippen MR) is 140 cm³/mol. The number of methoxy groups -OCH3 is 2. The maximum atomic E-state index is 13.3. The summed E-state index contributed by atoms with van der Waals surface area (Å²) in [5.74, 6) is -1.32. The first-order valence-corrected chi connectivity index (χ1v) is 12.9. The molecule has 3 atom stereocenters. The van der Waals surface area contributed by atoms with E-state index in [1.165, 1.54) is 26.2 Å². The van der Waals surface area contributed by atoms with E-state index in [4.69, 9.17) is 24.7 Å². The topological polar surface area (TPSA) is 169 Å². The van der Waals surface area contributed by atoms with E-state index in [1.807, 2.05) is 0 Å². The van der Waals surface area contributed by atoms with Gasteiger partial charge in [-0.1, -0.05) is 23.9 Å². The number of nitrogens with zero attached hydrogens (tertiary/aromatic N) is 4. The number of aliphatic imine (C=N–C) groups is 1. The number of carbonyl (C=O) groups excluding carboxylic acids is 3. The van der Waals surface area contributed by atoms with Crippen LogP contribution in [0.4, 0.5) is 4.79 Å². The Hall–Kier alpha value is -4.38. The number of amidine groups is 1. The van der Waals surface area contributed by atoms with Crippen LogP contribution in [0.5, 0.6) is 11.5 Å². The second-order valence-corrected chi connectivity index (χ2v) is 9.58. The van der Waals surface area contributed by atoms with Crippen molar-refractivity contribution in [3.63, 3.8) is 0 Å². The standard InChI is InChI=1S/C25H28N6O7S/c1-6-37-23(33)17-15(11-39-24-28-18-21(29-24)30(2)25(34)31(3)22(18)32)38-20(27)13(10-26)16(17)12-8-7-9-14(35-4)19(12)36-5/h7-9,16,18,21H,6,11,27H2,1-5H3,(H,28,29)/t16-,18+,21+/m1/s1. The number of para-hydroxylation sites is 1. The molecule has 0 radical (unpaired) electrons. The van der Waals surface area contributed by atoms with Gasteiger partial charge in [-0.15, -0.1) is 0 Å². The second kappa shape index (κ2) is 11.2. The maximum Gasteiger partial charge on any atom is 0.338 e. The van der Waals surface area contributed by atoms with E-state index in [9.17, 15) is 19.6 Å². The van der Waals surface area contributed by atoms with Gasteiger partial charge >= 0.3 is 12.0 Å². The molecule has 0 aliphatic carbocycles. The monoisotopic (exact) mass is 556 g/mol. The Balaban J connectivity index is 1.74. The van der Waals surface area contributed by atoms with Gasteiger partial charge in [-0.05, 0) is 13.0 Å². The molecule has 3 aliphatic rings. The van der Waals surface area contributed by atoms with E-state index < -0.39 is 36.0 Å².